The van der Waals surface area contributed by atoms with E-state index in [1.54, 1.807) is 0 Å². The van der Waals surface area contributed by atoms with Gasteiger partial charge in [-0.3, -0.25) is 4.57 Å². The molecular weight excluding hydrogens is 649 g/mol. The number of hydrogen-bond donors (Lipinski definition) is 0. The van der Waals surface area contributed by atoms with Crippen molar-refractivity contribution in [3.05, 3.63) is 170 Å². The number of hydrogen-bond acceptors (Lipinski definition) is 3. The van der Waals surface area contributed by atoms with E-state index in [0.717, 1.165) is 82.6 Å². The Morgan fingerprint density at radius 2 is 1.04 bits per heavy atom. The van der Waals surface area contributed by atoms with Gasteiger partial charge in [0, 0.05) is 43.3 Å². The summed E-state index contributed by atoms with van der Waals surface area (Å²) < 4.78 is 11.3. The lowest BCUT2D eigenvalue weighted by atomic mass is 10.1. The highest BCUT2D eigenvalue weighted by atomic mass is 16.3. The van der Waals surface area contributed by atoms with Crippen LogP contribution >= 0.6 is 0 Å². The number of para-hydroxylation sites is 3. The molecule has 0 aliphatic heterocycles. The quantitative estimate of drug-likeness (QED) is 0.187. The molecule has 0 N–H and O–H groups in total. The summed E-state index contributed by atoms with van der Waals surface area (Å²) in [6.07, 6.45) is 0. The molecule has 5 nitrogen and oxygen atoms in total. The van der Waals surface area contributed by atoms with Gasteiger partial charge in [-0.15, -0.1) is 0 Å². The number of furan rings is 1. The van der Waals surface area contributed by atoms with E-state index in [-0.39, 0.29) is 0 Å². The Kier molecular flexibility index (Phi) is 5.71. The van der Waals surface area contributed by atoms with Crippen LogP contribution in [0.1, 0.15) is 0 Å². The second-order valence-electron chi connectivity index (χ2n) is 13.7. The zero-order chi connectivity index (χ0) is 34.6. The van der Waals surface area contributed by atoms with Crippen molar-refractivity contribution in [1.82, 2.24) is 19.1 Å². The summed E-state index contributed by atoms with van der Waals surface area (Å²) in [5.41, 5.74) is 9.96. The first-order valence-corrected chi connectivity index (χ1v) is 17.9. The average molecular weight is 677 g/mol. The predicted molar refractivity (Wildman–Crippen MR) is 218 cm³/mol. The molecule has 8 aromatic carbocycles. The summed E-state index contributed by atoms with van der Waals surface area (Å²) in [5, 5.41) is 10.1. The van der Waals surface area contributed by atoms with Crippen molar-refractivity contribution in [3.8, 4) is 22.9 Å². The molecule has 0 atom stereocenters. The Balaban J connectivity index is 1.36. The summed E-state index contributed by atoms with van der Waals surface area (Å²) in [4.78, 5) is 10.9. The molecule has 0 saturated heterocycles. The normalized spacial score (nSPS) is 12.2. The minimum absolute atomic E-state index is 0.613. The Morgan fingerprint density at radius 3 is 1.92 bits per heavy atom. The first-order chi connectivity index (χ1) is 26.3. The van der Waals surface area contributed by atoms with Gasteiger partial charge >= 0.3 is 0 Å². The van der Waals surface area contributed by atoms with Gasteiger partial charge in [0.25, 0.3) is 0 Å². The van der Waals surface area contributed by atoms with Gasteiger partial charge in [-0.05, 0) is 41.8 Å². The molecule has 0 bridgehead atoms. The molecule has 0 spiro atoms. The molecule has 0 aliphatic rings. The van der Waals surface area contributed by atoms with E-state index in [4.69, 9.17) is 14.4 Å². The molecule has 4 aromatic heterocycles. The zero-order valence-corrected chi connectivity index (χ0v) is 28.4. The molecule has 4 heterocycles. The van der Waals surface area contributed by atoms with Crippen molar-refractivity contribution in [2.45, 2.75) is 0 Å². The van der Waals surface area contributed by atoms with Crippen molar-refractivity contribution < 1.29 is 4.42 Å². The summed E-state index contributed by atoms with van der Waals surface area (Å²) in [7, 11) is 0. The minimum atomic E-state index is 0.613. The fraction of sp³-hybridized carbons (Fsp3) is 0. The fourth-order valence-corrected chi connectivity index (χ4v) is 8.68. The van der Waals surface area contributed by atoms with Gasteiger partial charge in [0.15, 0.2) is 0 Å². The van der Waals surface area contributed by atoms with Crippen LogP contribution in [-0.4, -0.2) is 19.1 Å². The second-order valence-corrected chi connectivity index (χ2v) is 13.7. The number of fused-ring (bicyclic) bond motifs is 13. The van der Waals surface area contributed by atoms with Crippen LogP contribution in [0.5, 0.6) is 0 Å². The average Bonchev–Trinajstić information content (AvgIpc) is 3.88. The van der Waals surface area contributed by atoms with Crippen LogP contribution in [0, 0.1) is 0 Å². The first kappa shape index (κ1) is 28.5. The van der Waals surface area contributed by atoms with Crippen LogP contribution in [0.15, 0.2) is 174 Å². The molecule has 0 amide bonds. The molecule has 0 fully saturated rings. The summed E-state index contributed by atoms with van der Waals surface area (Å²) >= 11 is 0. The van der Waals surface area contributed by atoms with E-state index < -0.39 is 0 Å². The third-order valence-electron chi connectivity index (χ3n) is 10.9. The van der Waals surface area contributed by atoms with Gasteiger partial charge in [-0.25, -0.2) is 9.97 Å². The minimum Gasteiger partial charge on any atom is -0.456 e. The van der Waals surface area contributed by atoms with E-state index in [2.05, 4.69) is 161 Å². The highest BCUT2D eigenvalue weighted by Crippen LogP contribution is 2.45. The highest BCUT2D eigenvalue weighted by molar-refractivity contribution is 6.29. The number of benzene rings is 8. The van der Waals surface area contributed by atoms with Crippen LogP contribution in [0.2, 0.25) is 0 Å². The topological polar surface area (TPSA) is 48.8 Å². The maximum absolute atomic E-state index is 6.53. The van der Waals surface area contributed by atoms with Gasteiger partial charge < -0.3 is 8.98 Å². The lowest BCUT2D eigenvalue weighted by molar-refractivity contribution is 0.669. The number of nitrogens with zero attached hydrogens (tertiary/aromatic N) is 4. The first-order valence-electron chi connectivity index (χ1n) is 17.9. The summed E-state index contributed by atoms with van der Waals surface area (Å²) in [6.45, 7) is 0. The van der Waals surface area contributed by atoms with Crippen LogP contribution in [0.4, 0.5) is 0 Å². The largest absolute Gasteiger partial charge is 0.456 e. The monoisotopic (exact) mass is 676 g/mol. The van der Waals surface area contributed by atoms with E-state index in [9.17, 15) is 0 Å². The summed E-state index contributed by atoms with van der Waals surface area (Å²) in [5.74, 6) is 0.613. The van der Waals surface area contributed by atoms with Crippen LogP contribution in [-0.2, 0) is 0 Å². The van der Waals surface area contributed by atoms with E-state index in [1.807, 2.05) is 18.2 Å². The third-order valence-corrected chi connectivity index (χ3v) is 10.9. The smallest absolute Gasteiger partial charge is 0.235 e. The van der Waals surface area contributed by atoms with Gasteiger partial charge in [-0.2, -0.15) is 0 Å². The van der Waals surface area contributed by atoms with Gasteiger partial charge in [0.1, 0.15) is 11.2 Å². The predicted octanol–water partition coefficient (Wildman–Crippen LogP) is 12.5. The van der Waals surface area contributed by atoms with Crippen molar-refractivity contribution in [3.63, 3.8) is 0 Å². The van der Waals surface area contributed by atoms with E-state index >= 15 is 0 Å². The van der Waals surface area contributed by atoms with Crippen molar-refractivity contribution in [2.75, 3.05) is 0 Å². The molecule has 12 rings (SSSR count). The lowest BCUT2D eigenvalue weighted by Gasteiger charge is -2.15. The molecule has 0 saturated carbocycles. The molecular formula is C48H28N4O. The molecule has 53 heavy (non-hydrogen) atoms. The molecule has 0 radical (unpaired) electrons. The Bertz CT molecular complexity index is 3450. The van der Waals surface area contributed by atoms with Gasteiger partial charge in [-0.1, -0.05) is 133 Å². The second kappa shape index (κ2) is 10.6. The zero-order valence-electron chi connectivity index (χ0n) is 28.4. The SMILES string of the molecule is c1ccc(-c2nc(-n3c4c(ccc5oc6ccccc6c54)c4ccc5c6ccccc6n(-c6cccc7ccccc67)c5c43)nc3ccccc23)cc1. The number of rotatable bonds is 3. The summed E-state index contributed by atoms with van der Waals surface area (Å²) in [6, 6.07) is 59.9. The maximum Gasteiger partial charge on any atom is 0.235 e. The third kappa shape index (κ3) is 3.91. The maximum atomic E-state index is 6.53. The molecule has 0 aliphatic carbocycles. The Morgan fingerprint density at radius 1 is 0.396 bits per heavy atom. The standard InChI is InChI=1S/C48H28N4O/c1-2-14-30(15-3-1)44-36-19-6-9-21-38(36)49-48(50-44)52-45-34(27-28-42-43(45)37-20-8-11-24-41(37)53-42)35-26-25-33-32-18-7-10-22-40(32)51(46(33)47(35)52)39-23-12-16-29-13-4-5-17-31(29)39/h1-28H. The van der Waals surface area contributed by atoms with Gasteiger partial charge in [0.2, 0.25) is 5.95 Å². The lowest BCUT2D eigenvalue weighted by Crippen LogP contribution is -2.05. The van der Waals surface area contributed by atoms with E-state index in [0.29, 0.717) is 5.95 Å². The molecule has 0 unspecified atom stereocenters. The van der Waals surface area contributed by atoms with Crippen molar-refractivity contribution in [2.24, 2.45) is 0 Å². The molecule has 5 heteroatoms. The van der Waals surface area contributed by atoms with Crippen LogP contribution in [0.25, 0.3) is 110 Å². The highest BCUT2D eigenvalue weighted by Gasteiger charge is 2.26. The Labute approximate surface area is 302 Å². The van der Waals surface area contributed by atoms with Gasteiger partial charge in [0.05, 0.1) is 44.4 Å². The van der Waals surface area contributed by atoms with Crippen molar-refractivity contribution in [1.29, 1.82) is 0 Å². The van der Waals surface area contributed by atoms with Crippen LogP contribution < -0.4 is 0 Å². The Hall–Kier alpha value is -7.24. The molecule has 12 aromatic rings. The van der Waals surface area contributed by atoms with Crippen LogP contribution in [0.3, 0.4) is 0 Å². The van der Waals surface area contributed by atoms with E-state index in [1.165, 1.54) is 21.5 Å². The molecule has 246 valence electrons. The van der Waals surface area contributed by atoms with Crippen molar-refractivity contribution >= 4 is 87.2 Å². The number of aromatic nitrogens is 4. The fourth-order valence-electron chi connectivity index (χ4n) is 8.68.